The summed E-state index contributed by atoms with van der Waals surface area (Å²) in [5.41, 5.74) is 5.93. The highest BCUT2D eigenvalue weighted by Gasteiger charge is 2.11. The van der Waals surface area contributed by atoms with Crippen molar-refractivity contribution in [2.75, 3.05) is 0 Å². The molecule has 2 rings (SSSR count). The molecule has 0 spiro atoms. The van der Waals surface area contributed by atoms with Gasteiger partial charge in [0.1, 0.15) is 0 Å². The van der Waals surface area contributed by atoms with Crippen LogP contribution in [0.1, 0.15) is 40.8 Å². The Morgan fingerprint density at radius 1 is 1.00 bits per heavy atom. The van der Waals surface area contributed by atoms with Gasteiger partial charge in [-0.1, -0.05) is 42.5 Å². The second-order valence-electron chi connectivity index (χ2n) is 5.74. The SMILES string of the molecule is Cc1ccc([C@H](C)NC(=O)Cc2ccccc2C)cc1C. The Bertz CT molecular complexity index is 646. The van der Waals surface area contributed by atoms with E-state index in [1.54, 1.807) is 0 Å². The van der Waals surface area contributed by atoms with Crippen LogP contribution in [0.4, 0.5) is 0 Å². The van der Waals surface area contributed by atoms with Crippen molar-refractivity contribution in [1.82, 2.24) is 5.32 Å². The van der Waals surface area contributed by atoms with Gasteiger partial charge in [0.15, 0.2) is 0 Å². The minimum Gasteiger partial charge on any atom is -0.349 e. The highest BCUT2D eigenvalue weighted by molar-refractivity contribution is 5.79. The monoisotopic (exact) mass is 281 g/mol. The molecular weight excluding hydrogens is 258 g/mol. The maximum Gasteiger partial charge on any atom is 0.224 e. The van der Waals surface area contributed by atoms with Crippen LogP contribution in [0, 0.1) is 20.8 Å². The lowest BCUT2D eigenvalue weighted by molar-refractivity contribution is -0.121. The molecule has 2 nitrogen and oxygen atoms in total. The average molecular weight is 281 g/mol. The number of carbonyl (C=O) groups excluding carboxylic acids is 1. The van der Waals surface area contributed by atoms with Crippen molar-refractivity contribution in [1.29, 1.82) is 0 Å². The summed E-state index contributed by atoms with van der Waals surface area (Å²) >= 11 is 0. The Balaban J connectivity index is 2.02. The van der Waals surface area contributed by atoms with Crippen molar-refractivity contribution in [3.63, 3.8) is 0 Å². The van der Waals surface area contributed by atoms with Crippen molar-refractivity contribution in [3.05, 3.63) is 70.3 Å². The van der Waals surface area contributed by atoms with Gasteiger partial charge in [-0.15, -0.1) is 0 Å². The van der Waals surface area contributed by atoms with Crippen molar-refractivity contribution in [2.24, 2.45) is 0 Å². The lowest BCUT2D eigenvalue weighted by Crippen LogP contribution is -2.28. The Hall–Kier alpha value is -2.09. The molecule has 0 aliphatic heterocycles. The number of carbonyl (C=O) groups is 1. The minimum absolute atomic E-state index is 0.0285. The lowest BCUT2D eigenvalue weighted by Gasteiger charge is -2.16. The van der Waals surface area contributed by atoms with Crippen LogP contribution in [-0.2, 0) is 11.2 Å². The highest BCUT2D eigenvalue weighted by Crippen LogP contribution is 2.17. The molecule has 1 amide bonds. The number of rotatable bonds is 4. The van der Waals surface area contributed by atoms with Gasteiger partial charge in [0.05, 0.1) is 12.5 Å². The third-order valence-electron chi connectivity index (χ3n) is 4.02. The summed E-state index contributed by atoms with van der Waals surface area (Å²) in [6.07, 6.45) is 0.432. The fourth-order valence-corrected chi connectivity index (χ4v) is 2.39. The molecule has 21 heavy (non-hydrogen) atoms. The van der Waals surface area contributed by atoms with Crippen LogP contribution in [0.3, 0.4) is 0 Å². The van der Waals surface area contributed by atoms with Crippen molar-refractivity contribution in [3.8, 4) is 0 Å². The highest BCUT2D eigenvalue weighted by atomic mass is 16.1. The molecule has 0 radical (unpaired) electrons. The standard InChI is InChI=1S/C19H23NO/c1-13-9-10-18(11-15(13)3)16(4)20-19(21)12-17-8-6-5-7-14(17)2/h5-11,16H,12H2,1-4H3,(H,20,21)/t16-/m0/s1. The van der Waals surface area contributed by atoms with Gasteiger partial charge in [-0.25, -0.2) is 0 Å². The van der Waals surface area contributed by atoms with E-state index in [0.717, 1.165) is 16.7 Å². The van der Waals surface area contributed by atoms with E-state index in [9.17, 15) is 4.79 Å². The summed E-state index contributed by atoms with van der Waals surface area (Å²) in [6, 6.07) is 14.4. The van der Waals surface area contributed by atoms with Gasteiger partial charge < -0.3 is 5.32 Å². The smallest absolute Gasteiger partial charge is 0.224 e. The van der Waals surface area contributed by atoms with Gasteiger partial charge in [0.25, 0.3) is 0 Å². The largest absolute Gasteiger partial charge is 0.349 e. The molecule has 110 valence electrons. The molecule has 0 bridgehead atoms. The topological polar surface area (TPSA) is 29.1 Å². The van der Waals surface area contributed by atoms with Crippen LogP contribution in [0.5, 0.6) is 0 Å². The zero-order chi connectivity index (χ0) is 15.4. The molecule has 0 saturated heterocycles. The van der Waals surface area contributed by atoms with Gasteiger partial charge in [0.2, 0.25) is 5.91 Å². The number of nitrogens with one attached hydrogen (secondary N) is 1. The Labute approximate surface area is 127 Å². The van der Waals surface area contributed by atoms with Crippen LogP contribution >= 0.6 is 0 Å². The van der Waals surface area contributed by atoms with Gasteiger partial charge in [0, 0.05) is 0 Å². The van der Waals surface area contributed by atoms with E-state index in [2.05, 4.69) is 37.4 Å². The Morgan fingerprint density at radius 2 is 1.71 bits per heavy atom. The molecule has 2 aromatic rings. The number of hydrogen-bond acceptors (Lipinski definition) is 1. The number of aryl methyl sites for hydroxylation is 3. The van der Waals surface area contributed by atoms with E-state index < -0.39 is 0 Å². The van der Waals surface area contributed by atoms with Crippen LogP contribution in [0.15, 0.2) is 42.5 Å². The molecule has 1 atom stereocenters. The molecule has 1 N–H and O–H groups in total. The summed E-state index contributed by atoms with van der Waals surface area (Å²) in [6.45, 7) is 8.26. The third-order valence-corrected chi connectivity index (χ3v) is 4.02. The van der Waals surface area contributed by atoms with Crippen LogP contribution in [0.25, 0.3) is 0 Å². The van der Waals surface area contributed by atoms with Crippen LogP contribution < -0.4 is 5.32 Å². The van der Waals surface area contributed by atoms with E-state index in [1.807, 2.05) is 38.1 Å². The Kier molecular flexibility index (Phi) is 4.79. The van der Waals surface area contributed by atoms with Crippen molar-refractivity contribution >= 4 is 5.91 Å². The number of hydrogen-bond donors (Lipinski definition) is 1. The van der Waals surface area contributed by atoms with E-state index >= 15 is 0 Å². The predicted molar refractivity (Wildman–Crippen MR) is 87.4 cm³/mol. The quantitative estimate of drug-likeness (QED) is 0.900. The first kappa shape index (κ1) is 15.3. The van der Waals surface area contributed by atoms with Crippen LogP contribution in [-0.4, -0.2) is 5.91 Å². The molecular formula is C19H23NO. The fraction of sp³-hybridized carbons (Fsp3) is 0.316. The van der Waals surface area contributed by atoms with Gasteiger partial charge in [-0.05, 0) is 55.5 Å². The van der Waals surface area contributed by atoms with Crippen LogP contribution in [0.2, 0.25) is 0 Å². The number of benzene rings is 2. The molecule has 0 saturated carbocycles. The van der Waals surface area contributed by atoms with E-state index in [4.69, 9.17) is 0 Å². The molecule has 0 aliphatic rings. The minimum atomic E-state index is 0.0285. The third kappa shape index (κ3) is 3.94. The summed E-state index contributed by atoms with van der Waals surface area (Å²) in [7, 11) is 0. The first-order chi connectivity index (χ1) is 9.97. The van der Waals surface area contributed by atoms with Crippen molar-refractivity contribution < 1.29 is 4.79 Å². The second-order valence-corrected chi connectivity index (χ2v) is 5.74. The molecule has 0 heterocycles. The fourth-order valence-electron chi connectivity index (χ4n) is 2.39. The Morgan fingerprint density at radius 3 is 2.38 bits per heavy atom. The maximum atomic E-state index is 12.2. The zero-order valence-electron chi connectivity index (χ0n) is 13.2. The lowest BCUT2D eigenvalue weighted by atomic mass is 10.0. The molecule has 0 aliphatic carbocycles. The average Bonchev–Trinajstić information content (AvgIpc) is 2.44. The summed E-state index contributed by atoms with van der Waals surface area (Å²) in [4.78, 5) is 12.2. The van der Waals surface area contributed by atoms with Gasteiger partial charge >= 0.3 is 0 Å². The number of amides is 1. The molecule has 2 aromatic carbocycles. The van der Waals surface area contributed by atoms with E-state index in [-0.39, 0.29) is 11.9 Å². The van der Waals surface area contributed by atoms with E-state index in [1.165, 1.54) is 11.1 Å². The zero-order valence-corrected chi connectivity index (χ0v) is 13.2. The second kappa shape index (κ2) is 6.57. The molecule has 0 aromatic heterocycles. The molecule has 0 fully saturated rings. The van der Waals surface area contributed by atoms with Gasteiger partial charge in [-0.2, -0.15) is 0 Å². The van der Waals surface area contributed by atoms with Crippen molar-refractivity contribution in [2.45, 2.75) is 40.2 Å². The molecule has 0 unspecified atom stereocenters. The summed E-state index contributed by atoms with van der Waals surface area (Å²) in [5, 5.41) is 3.08. The van der Waals surface area contributed by atoms with Gasteiger partial charge in [-0.3, -0.25) is 4.79 Å². The first-order valence-corrected chi connectivity index (χ1v) is 7.38. The first-order valence-electron chi connectivity index (χ1n) is 7.38. The maximum absolute atomic E-state index is 12.2. The molecule has 2 heteroatoms. The summed E-state index contributed by atoms with van der Waals surface area (Å²) in [5.74, 6) is 0.0648. The summed E-state index contributed by atoms with van der Waals surface area (Å²) < 4.78 is 0. The van der Waals surface area contributed by atoms with E-state index in [0.29, 0.717) is 6.42 Å². The normalized spacial score (nSPS) is 12.0. The predicted octanol–water partition coefficient (Wildman–Crippen LogP) is 4.03.